The molecule has 4 nitrogen and oxygen atoms in total. The molecule has 2 N–H and O–H groups in total. The summed E-state index contributed by atoms with van der Waals surface area (Å²) in [7, 11) is 1.75. The number of urea groups is 1. The molecule has 0 heterocycles. The summed E-state index contributed by atoms with van der Waals surface area (Å²) in [4.78, 5) is 13.9. The SMILES string of the molecule is CC(NC(=O)N(C)CC1CCCC1O)c1ccc(Cl)c(Cl)c1. The zero-order chi connectivity index (χ0) is 16.3. The smallest absolute Gasteiger partial charge is 0.317 e. The minimum absolute atomic E-state index is 0.155. The van der Waals surface area contributed by atoms with Crippen LogP contribution < -0.4 is 5.32 Å². The van der Waals surface area contributed by atoms with E-state index in [0.717, 1.165) is 24.8 Å². The lowest BCUT2D eigenvalue weighted by Crippen LogP contribution is -2.42. The van der Waals surface area contributed by atoms with Crippen molar-refractivity contribution in [3.8, 4) is 0 Å². The summed E-state index contributed by atoms with van der Waals surface area (Å²) in [5.41, 5.74) is 0.900. The first-order chi connectivity index (χ1) is 10.4. The van der Waals surface area contributed by atoms with Crippen LogP contribution >= 0.6 is 23.2 Å². The summed E-state index contributed by atoms with van der Waals surface area (Å²) in [6.45, 7) is 2.47. The summed E-state index contributed by atoms with van der Waals surface area (Å²) in [6.07, 6.45) is 2.55. The van der Waals surface area contributed by atoms with Crippen molar-refractivity contribution < 1.29 is 9.90 Å². The third-order valence-electron chi connectivity index (χ3n) is 4.26. The number of halogens is 2. The summed E-state index contributed by atoms with van der Waals surface area (Å²) < 4.78 is 0. The zero-order valence-corrected chi connectivity index (χ0v) is 14.4. The van der Waals surface area contributed by atoms with Crippen molar-refractivity contribution >= 4 is 29.2 Å². The van der Waals surface area contributed by atoms with Crippen molar-refractivity contribution in [1.82, 2.24) is 10.2 Å². The molecule has 3 atom stereocenters. The molecule has 1 aliphatic rings. The number of hydrogen-bond donors (Lipinski definition) is 2. The number of carbonyl (C=O) groups is 1. The molecule has 122 valence electrons. The Morgan fingerprint density at radius 2 is 2.14 bits per heavy atom. The third kappa shape index (κ3) is 4.28. The van der Waals surface area contributed by atoms with E-state index in [4.69, 9.17) is 23.2 Å². The van der Waals surface area contributed by atoms with Crippen LogP contribution in [0.4, 0.5) is 4.79 Å². The van der Waals surface area contributed by atoms with E-state index in [9.17, 15) is 9.90 Å². The van der Waals surface area contributed by atoms with Crippen LogP contribution in [0.3, 0.4) is 0 Å². The fraction of sp³-hybridized carbons (Fsp3) is 0.562. The molecular formula is C16H22Cl2N2O2. The molecule has 1 fully saturated rings. The van der Waals surface area contributed by atoms with Gasteiger partial charge in [-0.1, -0.05) is 35.7 Å². The number of benzene rings is 1. The molecular weight excluding hydrogens is 323 g/mol. The molecule has 1 aliphatic carbocycles. The maximum absolute atomic E-state index is 12.2. The van der Waals surface area contributed by atoms with Crippen LogP contribution in [0.15, 0.2) is 18.2 Å². The van der Waals surface area contributed by atoms with Gasteiger partial charge in [0.2, 0.25) is 0 Å². The van der Waals surface area contributed by atoms with Crippen molar-refractivity contribution in [2.75, 3.05) is 13.6 Å². The number of nitrogens with zero attached hydrogens (tertiary/aromatic N) is 1. The van der Waals surface area contributed by atoms with Gasteiger partial charge in [-0.3, -0.25) is 0 Å². The lowest BCUT2D eigenvalue weighted by molar-refractivity contribution is 0.113. The molecule has 0 bridgehead atoms. The molecule has 3 unspecified atom stereocenters. The minimum Gasteiger partial charge on any atom is -0.393 e. The Kier molecular flexibility index (Phi) is 5.95. The molecule has 1 aromatic carbocycles. The van der Waals surface area contributed by atoms with Gasteiger partial charge in [-0.25, -0.2) is 4.79 Å². The second-order valence-electron chi connectivity index (χ2n) is 5.98. The predicted molar refractivity (Wildman–Crippen MR) is 89.4 cm³/mol. The Bertz CT molecular complexity index is 539. The van der Waals surface area contributed by atoms with Crippen LogP contribution in [-0.2, 0) is 0 Å². The van der Waals surface area contributed by atoms with Crippen LogP contribution in [0.1, 0.15) is 37.8 Å². The lowest BCUT2D eigenvalue weighted by atomic mass is 10.1. The van der Waals surface area contributed by atoms with Crippen LogP contribution in [-0.4, -0.2) is 35.7 Å². The Morgan fingerprint density at radius 3 is 2.73 bits per heavy atom. The summed E-state index contributed by atoms with van der Waals surface area (Å²) >= 11 is 11.9. The van der Waals surface area contributed by atoms with Gasteiger partial charge in [-0.2, -0.15) is 0 Å². The second-order valence-corrected chi connectivity index (χ2v) is 6.80. The van der Waals surface area contributed by atoms with Crippen LogP contribution in [0.2, 0.25) is 10.0 Å². The Labute approximate surface area is 141 Å². The van der Waals surface area contributed by atoms with Crippen molar-refractivity contribution in [3.05, 3.63) is 33.8 Å². The van der Waals surface area contributed by atoms with Gasteiger partial charge in [0, 0.05) is 19.5 Å². The average Bonchev–Trinajstić information content (AvgIpc) is 2.87. The van der Waals surface area contributed by atoms with E-state index in [1.54, 1.807) is 24.1 Å². The van der Waals surface area contributed by atoms with Crippen LogP contribution in [0.5, 0.6) is 0 Å². The monoisotopic (exact) mass is 344 g/mol. The topological polar surface area (TPSA) is 52.6 Å². The molecule has 22 heavy (non-hydrogen) atoms. The Morgan fingerprint density at radius 1 is 1.41 bits per heavy atom. The quantitative estimate of drug-likeness (QED) is 0.871. The number of hydrogen-bond acceptors (Lipinski definition) is 2. The first kappa shape index (κ1) is 17.4. The molecule has 0 aliphatic heterocycles. The molecule has 1 aromatic rings. The molecule has 0 spiro atoms. The molecule has 0 aromatic heterocycles. The van der Waals surface area contributed by atoms with Gasteiger partial charge < -0.3 is 15.3 Å². The normalized spacial score (nSPS) is 22.4. The summed E-state index contributed by atoms with van der Waals surface area (Å²) in [6, 6.07) is 5.01. The second kappa shape index (κ2) is 7.53. The van der Waals surface area contributed by atoms with E-state index in [2.05, 4.69) is 5.32 Å². The van der Waals surface area contributed by atoms with E-state index < -0.39 is 0 Å². The van der Waals surface area contributed by atoms with Crippen molar-refractivity contribution in [2.45, 2.75) is 38.3 Å². The highest BCUT2D eigenvalue weighted by Crippen LogP contribution is 2.27. The standard InChI is InChI=1S/C16H22Cl2N2O2/c1-10(11-6-7-13(17)14(18)8-11)19-16(22)20(2)9-12-4-3-5-15(12)21/h6-8,10,12,15,21H,3-5,9H2,1-2H3,(H,19,22). The Balaban J connectivity index is 1.91. The van der Waals surface area contributed by atoms with Gasteiger partial charge in [-0.15, -0.1) is 0 Å². The van der Waals surface area contributed by atoms with Crippen LogP contribution in [0.25, 0.3) is 0 Å². The number of amides is 2. The van der Waals surface area contributed by atoms with Gasteiger partial charge in [0.1, 0.15) is 0 Å². The fourth-order valence-electron chi connectivity index (χ4n) is 2.83. The molecule has 2 rings (SSSR count). The van der Waals surface area contributed by atoms with Crippen molar-refractivity contribution in [3.63, 3.8) is 0 Å². The molecule has 1 saturated carbocycles. The Hall–Kier alpha value is -0.970. The highest BCUT2D eigenvalue weighted by Gasteiger charge is 2.27. The molecule has 0 saturated heterocycles. The fourth-order valence-corrected chi connectivity index (χ4v) is 3.13. The van der Waals surface area contributed by atoms with Crippen LogP contribution in [0, 0.1) is 5.92 Å². The first-order valence-electron chi connectivity index (χ1n) is 7.53. The number of aliphatic hydroxyl groups is 1. The van der Waals surface area contributed by atoms with Gasteiger partial charge in [0.05, 0.1) is 22.2 Å². The minimum atomic E-state index is -0.289. The molecule has 6 heteroatoms. The van der Waals surface area contributed by atoms with Gasteiger partial charge in [0.25, 0.3) is 0 Å². The average molecular weight is 345 g/mol. The van der Waals surface area contributed by atoms with Gasteiger partial charge in [0.15, 0.2) is 0 Å². The number of nitrogens with one attached hydrogen (secondary N) is 1. The van der Waals surface area contributed by atoms with Gasteiger partial charge in [-0.05, 0) is 37.5 Å². The molecule has 2 amide bonds. The first-order valence-corrected chi connectivity index (χ1v) is 8.28. The molecule has 0 radical (unpaired) electrons. The van der Waals surface area contributed by atoms with E-state index in [-0.39, 0.29) is 24.1 Å². The maximum Gasteiger partial charge on any atom is 0.317 e. The van der Waals surface area contributed by atoms with E-state index in [1.165, 1.54) is 0 Å². The summed E-state index contributed by atoms with van der Waals surface area (Å²) in [5.74, 6) is 0.177. The van der Waals surface area contributed by atoms with Crippen molar-refractivity contribution in [2.24, 2.45) is 5.92 Å². The number of rotatable bonds is 4. The number of carbonyl (C=O) groups excluding carboxylic acids is 1. The highest BCUT2D eigenvalue weighted by atomic mass is 35.5. The predicted octanol–water partition coefficient (Wildman–Crippen LogP) is 3.86. The maximum atomic E-state index is 12.2. The van der Waals surface area contributed by atoms with Gasteiger partial charge >= 0.3 is 6.03 Å². The van der Waals surface area contributed by atoms with E-state index >= 15 is 0 Å². The lowest BCUT2D eigenvalue weighted by Gasteiger charge is -2.25. The third-order valence-corrected chi connectivity index (χ3v) is 5.00. The largest absolute Gasteiger partial charge is 0.393 e. The zero-order valence-electron chi connectivity index (χ0n) is 12.9. The summed E-state index contributed by atoms with van der Waals surface area (Å²) in [5, 5.41) is 13.8. The van der Waals surface area contributed by atoms with E-state index in [1.807, 2.05) is 13.0 Å². The van der Waals surface area contributed by atoms with Crippen molar-refractivity contribution in [1.29, 1.82) is 0 Å². The highest BCUT2D eigenvalue weighted by molar-refractivity contribution is 6.42. The number of aliphatic hydroxyl groups excluding tert-OH is 1. The van der Waals surface area contributed by atoms with E-state index in [0.29, 0.717) is 16.6 Å².